The van der Waals surface area contributed by atoms with Crippen molar-refractivity contribution in [3.63, 3.8) is 0 Å². The van der Waals surface area contributed by atoms with Crippen molar-refractivity contribution >= 4 is 23.2 Å². The van der Waals surface area contributed by atoms with Gasteiger partial charge >= 0.3 is 0 Å². The van der Waals surface area contributed by atoms with Crippen molar-refractivity contribution < 1.29 is 14.3 Å². The van der Waals surface area contributed by atoms with Crippen molar-refractivity contribution in [2.75, 3.05) is 26.3 Å². The second kappa shape index (κ2) is 10.7. The van der Waals surface area contributed by atoms with E-state index in [4.69, 9.17) is 26.8 Å². The van der Waals surface area contributed by atoms with Gasteiger partial charge in [0.2, 0.25) is 0 Å². The highest BCUT2D eigenvalue weighted by Crippen LogP contribution is 2.35. The highest BCUT2D eigenvalue weighted by atomic mass is 35.5. The number of carbonyl (C=O) groups excluding carboxylic acids is 1. The molecule has 1 amide bonds. The van der Waals surface area contributed by atoms with E-state index in [0.29, 0.717) is 23.0 Å². The van der Waals surface area contributed by atoms with Crippen LogP contribution in [0.5, 0.6) is 5.75 Å². The Kier molecular flexibility index (Phi) is 8.23. The quantitative estimate of drug-likeness (QED) is 0.619. The number of likely N-dealkylation sites (tertiary alicyclic amines) is 1. The van der Waals surface area contributed by atoms with E-state index in [-0.39, 0.29) is 24.2 Å². The van der Waals surface area contributed by atoms with E-state index in [9.17, 15) is 4.79 Å². The van der Waals surface area contributed by atoms with Crippen LogP contribution < -0.4 is 10.5 Å². The third-order valence-electron chi connectivity index (χ3n) is 5.84. The molecule has 0 aromatic heterocycles. The molecular weight excluding hydrogens is 426 g/mol. The summed E-state index contributed by atoms with van der Waals surface area (Å²) in [5.74, 6) is 0.660. The van der Waals surface area contributed by atoms with Gasteiger partial charge in [0.05, 0.1) is 0 Å². The summed E-state index contributed by atoms with van der Waals surface area (Å²) in [6.45, 7) is 10.6. The lowest BCUT2D eigenvalue weighted by molar-refractivity contribution is -0.123. The van der Waals surface area contributed by atoms with Crippen LogP contribution in [0, 0.1) is 6.92 Å². The zero-order valence-electron chi connectivity index (χ0n) is 19.7. The molecule has 176 valence electrons. The molecule has 2 fully saturated rings. The topological polar surface area (TPSA) is 77.1 Å². The van der Waals surface area contributed by atoms with Crippen molar-refractivity contribution in [1.82, 2.24) is 4.90 Å². The van der Waals surface area contributed by atoms with E-state index in [1.807, 2.05) is 24.0 Å². The second-order valence-electron chi connectivity index (χ2n) is 9.69. The van der Waals surface area contributed by atoms with Gasteiger partial charge < -0.3 is 20.1 Å². The van der Waals surface area contributed by atoms with Crippen LogP contribution in [0.4, 0.5) is 0 Å². The number of ether oxygens (including phenoxy) is 2. The van der Waals surface area contributed by atoms with Crippen LogP contribution in [0.15, 0.2) is 28.9 Å². The number of carbonyl (C=O) groups is 1. The molecule has 2 saturated heterocycles. The van der Waals surface area contributed by atoms with E-state index in [2.05, 4.69) is 25.8 Å². The number of rotatable bonds is 6. The maximum Gasteiger partial charge on any atom is 0.272 e. The first-order valence-corrected chi connectivity index (χ1v) is 11.9. The Labute approximate surface area is 196 Å². The zero-order valence-corrected chi connectivity index (χ0v) is 20.5. The lowest BCUT2D eigenvalue weighted by atomic mass is 9.86. The fourth-order valence-electron chi connectivity index (χ4n) is 3.96. The molecule has 1 aromatic rings. The van der Waals surface area contributed by atoms with E-state index in [1.165, 1.54) is 0 Å². The second-order valence-corrected chi connectivity index (χ2v) is 10.1. The van der Waals surface area contributed by atoms with Gasteiger partial charge in [-0.1, -0.05) is 32.4 Å². The molecule has 2 N–H and O–H groups in total. The Balaban J connectivity index is 1.80. The number of hydrogen-bond acceptors (Lipinski definition) is 5. The fourth-order valence-corrected chi connectivity index (χ4v) is 4.12. The number of nitrogens with two attached hydrogens (primary N) is 1. The minimum absolute atomic E-state index is 0.0858. The van der Waals surface area contributed by atoms with Gasteiger partial charge in [0.1, 0.15) is 24.3 Å². The third kappa shape index (κ3) is 6.48. The van der Waals surface area contributed by atoms with E-state index in [1.54, 1.807) is 6.08 Å². The third-order valence-corrected chi connectivity index (χ3v) is 6.24. The molecule has 2 heterocycles. The Bertz CT molecular complexity index is 877. The van der Waals surface area contributed by atoms with Gasteiger partial charge in [-0.15, -0.1) is 0 Å². The van der Waals surface area contributed by atoms with Gasteiger partial charge in [0, 0.05) is 36.0 Å². The molecule has 1 aromatic carbocycles. The Morgan fingerprint density at radius 3 is 2.62 bits per heavy atom. The molecule has 0 bridgehead atoms. The fraction of sp³-hybridized carbons (Fsp3) is 0.600. The lowest BCUT2D eigenvalue weighted by Gasteiger charge is -2.24. The highest BCUT2D eigenvalue weighted by Gasteiger charge is 2.24. The van der Waals surface area contributed by atoms with Crippen LogP contribution in [0.2, 0.25) is 5.02 Å². The minimum Gasteiger partial charge on any atom is -0.487 e. The molecule has 0 radical (unpaired) electrons. The number of benzene rings is 1. The number of hydrogen-bond donors (Lipinski definition) is 1. The molecule has 2 aliphatic heterocycles. The summed E-state index contributed by atoms with van der Waals surface area (Å²) in [5, 5.41) is 0.712. The Morgan fingerprint density at radius 1 is 1.28 bits per heavy atom. The van der Waals surface area contributed by atoms with E-state index < -0.39 is 0 Å². The lowest BCUT2D eigenvalue weighted by Crippen LogP contribution is -2.35. The van der Waals surface area contributed by atoms with E-state index >= 15 is 0 Å². The molecule has 2 aliphatic rings. The first kappa shape index (κ1) is 24.6. The summed E-state index contributed by atoms with van der Waals surface area (Å²) in [4.78, 5) is 19.6. The van der Waals surface area contributed by atoms with Gasteiger partial charge in [-0.3, -0.25) is 4.79 Å². The average molecular weight is 462 g/mol. The number of nitrogens with zero attached hydrogens (tertiary/aromatic N) is 2. The largest absolute Gasteiger partial charge is 0.487 e. The molecule has 1 atom stereocenters. The zero-order chi connectivity index (χ0) is 23.3. The maximum absolute atomic E-state index is 13.1. The molecule has 7 heteroatoms. The van der Waals surface area contributed by atoms with E-state index in [0.717, 1.165) is 62.1 Å². The van der Waals surface area contributed by atoms with Crippen LogP contribution in [0.25, 0.3) is 0 Å². The van der Waals surface area contributed by atoms with Crippen LogP contribution in [-0.4, -0.2) is 49.0 Å². The van der Waals surface area contributed by atoms with Crippen molar-refractivity contribution in [2.45, 2.75) is 71.4 Å². The van der Waals surface area contributed by atoms with Gasteiger partial charge in [0.15, 0.2) is 0 Å². The minimum atomic E-state index is -0.290. The summed E-state index contributed by atoms with van der Waals surface area (Å²) < 4.78 is 11.8. The Morgan fingerprint density at radius 2 is 2.00 bits per heavy atom. The standard InChI is InChI=1S/C25H36ClN3O3/c1-17-13-22(19(15-20(17)26)25(2,3)4)32-16-18(27)14-21(24(30)29-10-6-7-11-29)28-23-9-5-8-12-31-23/h13-15,23H,5-12,16,27H2,1-4H3. The normalized spacial score (nSPS) is 20.5. The molecule has 0 spiro atoms. The molecule has 0 saturated carbocycles. The highest BCUT2D eigenvalue weighted by molar-refractivity contribution is 6.43. The van der Waals surface area contributed by atoms with Gasteiger partial charge in [-0.05, 0) is 68.2 Å². The van der Waals surface area contributed by atoms with Crippen molar-refractivity contribution in [2.24, 2.45) is 10.7 Å². The van der Waals surface area contributed by atoms with Crippen molar-refractivity contribution in [1.29, 1.82) is 0 Å². The van der Waals surface area contributed by atoms with Gasteiger partial charge in [-0.25, -0.2) is 4.99 Å². The monoisotopic (exact) mass is 461 g/mol. The SMILES string of the molecule is Cc1cc(OCC(N)=CC(=NC2CCCCO2)C(=O)N2CCCC2)c(C(C)(C)C)cc1Cl. The first-order chi connectivity index (χ1) is 15.1. The number of amides is 1. The predicted molar refractivity (Wildman–Crippen MR) is 129 cm³/mol. The number of aliphatic imine (C=N–C) groups is 1. The first-order valence-electron chi connectivity index (χ1n) is 11.5. The molecular formula is C25H36ClN3O3. The van der Waals surface area contributed by atoms with Crippen LogP contribution in [-0.2, 0) is 14.9 Å². The number of halogens is 1. The Hall–Kier alpha value is -2.05. The van der Waals surface area contributed by atoms with Gasteiger partial charge in [0.25, 0.3) is 5.91 Å². The summed E-state index contributed by atoms with van der Waals surface area (Å²) in [6.07, 6.45) is 6.30. The average Bonchev–Trinajstić information content (AvgIpc) is 3.28. The summed E-state index contributed by atoms with van der Waals surface area (Å²) in [5.41, 5.74) is 8.92. The summed E-state index contributed by atoms with van der Waals surface area (Å²) in [6, 6.07) is 3.90. The van der Waals surface area contributed by atoms with Crippen LogP contribution in [0.1, 0.15) is 64.0 Å². The molecule has 6 nitrogen and oxygen atoms in total. The molecule has 0 aliphatic carbocycles. The smallest absolute Gasteiger partial charge is 0.272 e. The van der Waals surface area contributed by atoms with Crippen LogP contribution >= 0.6 is 11.6 Å². The number of aryl methyl sites for hydroxylation is 1. The van der Waals surface area contributed by atoms with Crippen LogP contribution in [0.3, 0.4) is 0 Å². The van der Waals surface area contributed by atoms with Crippen molar-refractivity contribution in [3.05, 3.63) is 40.1 Å². The molecule has 1 unspecified atom stereocenters. The maximum atomic E-state index is 13.1. The predicted octanol–water partition coefficient (Wildman–Crippen LogP) is 4.76. The molecule has 32 heavy (non-hydrogen) atoms. The summed E-state index contributed by atoms with van der Waals surface area (Å²) >= 11 is 6.35. The van der Waals surface area contributed by atoms with Gasteiger partial charge in [-0.2, -0.15) is 0 Å². The summed E-state index contributed by atoms with van der Waals surface area (Å²) in [7, 11) is 0. The molecule has 3 rings (SSSR count). The van der Waals surface area contributed by atoms with Crippen molar-refractivity contribution in [3.8, 4) is 5.75 Å².